The highest BCUT2D eigenvalue weighted by Gasteiger charge is 2.21. The zero-order chi connectivity index (χ0) is 14.8. The van der Waals surface area contributed by atoms with E-state index in [0.717, 1.165) is 0 Å². The highest BCUT2D eigenvalue weighted by atomic mass is 16.5. The zero-order valence-electron chi connectivity index (χ0n) is 12.0. The second kappa shape index (κ2) is 5.40. The van der Waals surface area contributed by atoms with Crippen LogP contribution in [0.3, 0.4) is 0 Å². The quantitative estimate of drug-likeness (QED) is 0.854. The van der Waals surface area contributed by atoms with Gasteiger partial charge in [-0.15, -0.1) is 5.10 Å². The molecule has 2 aromatic heterocycles. The van der Waals surface area contributed by atoms with Gasteiger partial charge < -0.3 is 9.84 Å². The smallest absolute Gasteiger partial charge is 0.290 e. The fourth-order valence-electron chi connectivity index (χ4n) is 1.50. The Kier molecular flexibility index (Phi) is 3.82. The van der Waals surface area contributed by atoms with Crippen LogP contribution < -0.4 is 5.32 Å². The van der Waals surface area contributed by atoms with Gasteiger partial charge in [0.2, 0.25) is 11.7 Å². The Morgan fingerprint density at radius 2 is 2.10 bits per heavy atom. The van der Waals surface area contributed by atoms with Crippen LogP contribution in [-0.2, 0) is 11.8 Å². The van der Waals surface area contributed by atoms with Crippen molar-refractivity contribution in [3.05, 3.63) is 23.4 Å². The van der Waals surface area contributed by atoms with E-state index in [0.29, 0.717) is 30.5 Å². The third-order valence-electron chi connectivity index (χ3n) is 2.59. The molecule has 0 spiro atoms. The van der Waals surface area contributed by atoms with Crippen LogP contribution in [-0.4, -0.2) is 37.8 Å². The number of hydrogen-bond donors (Lipinski definition) is 2. The van der Waals surface area contributed by atoms with Crippen molar-refractivity contribution < 1.29 is 9.32 Å². The molecule has 0 fully saturated rings. The van der Waals surface area contributed by atoms with Gasteiger partial charge in [0, 0.05) is 18.4 Å². The predicted molar refractivity (Wildman–Crippen MR) is 70.2 cm³/mol. The predicted octanol–water partition coefficient (Wildman–Crippen LogP) is 0.766. The number of carbonyl (C=O) groups excluding carboxylic acids is 1. The van der Waals surface area contributed by atoms with Gasteiger partial charge in [0.25, 0.3) is 5.91 Å². The van der Waals surface area contributed by atoms with Gasteiger partial charge in [0.05, 0.1) is 0 Å². The molecule has 8 nitrogen and oxygen atoms in total. The second-order valence-electron chi connectivity index (χ2n) is 5.50. The molecule has 0 radical (unpaired) electrons. The number of aromatic nitrogens is 5. The summed E-state index contributed by atoms with van der Waals surface area (Å²) in [4.78, 5) is 20.1. The van der Waals surface area contributed by atoms with Crippen LogP contribution >= 0.6 is 0 Å². The lowest BCUT2D eigenvalue weighted by Gasteiger charge is -2.12. The Balaban J connectivity index is 1.87. The molecule has 0 aliphatic carbocycles. The Morgan fingerprint density at radius 1 is 1.35 bits per heavy atom. The molecule has 0 atom stereocenters. The molecular formula is C12H18N6O2. The molecule has 2 rings (SSSR count). The van der Waals surface area contributed by atoms with Gasteiger partial charge in [-0.2, -0.15) is 4.98 Å². The summed E-state index contributed by atoms with van der Waals surface area (Å²) in [7, 11) is 0. The van der Waals surface area contributed by atoms with Crippen molar-refractivity contribution in [2.24, 2.45) is 0 Å². The van der Waals surface area contributed by atoms with Crippen LogP contribution in [0, 0.1) is 6.92 Å². The Labute approximate surface area is 116 Å². The molecule has 0 saturated heterocycles. The largest absolute Gasteiger partial charge is 0.349 e. The first-order valence-electron chi connectivity index (χ1n) is 6.36. The van der Waals surface area contributed by atoms with Crippen LogP contribution in [0.4, 0.5) is 0 Å². The molecule has 2 heterocycles. The highest BCUT2D eigenvalue weighted by molar-refractivity contribution is 5.90. The second-order valence-corrected chi connectivity index (χ2v) is 5.50. The average molecular weight is 278 g/mol. The SMILES string of the molecule is Cc1noc(CCNC(=O)c2n[nH]c(C(C)(C)C)n2)n1. The van der Waals surface area contributed by atoms with Crippen molar-refractivity contribution in [2.45, 2.75) is 39.5 Å². The minimum Gasteiger partial charge on any atom is -0.349 e. The van der Waals surface area contributed by atoms with Gasteiger partial charge in [-0.1, -0.05) is 25.9 Å². The Bertz CT molecular complexity index is 595. The molecular weight excluding hydrogens is 260 g/mol. The van der Waals surface area contributed by atoms with E-state index >= 15 is 0 Å². The number of carbonyl (C=O) groups is 1. The molecule has 8 heteroatoms. The summed E-state index contributed by atoms with van der Waals surface area (Å²) in [6, 6.07) is 0. The third kappa shape index (κ3) is 3.40. The molecule has 0 aromatic carbocycles. The van der Waals surface area contributed by atoms with Crippen LogP contribution in [0.25, 0.3) is 0 Å². The van der Waals surface area contributed by atoms with Crippen LogP contribution in [0.5, 0.6) is 0 Å². The normalized spacial score (nSPS) is 11.6. The summed E-state index contributed by atoms with van der Waals surface area (Å²) in [6.45, 7) is 8.11. The minimum absolute atomic E-state index is 0.136. The summed E-state index contributed by atoms with van der Waals surface area (Å²) >= 11 is 0. The molecule has 0 saturated carbocycles. The number of nitrogens with one attached hydrogen (secondary N) is 2. The molecule has 2 N–H and O–H groups in total. The maximum Gasteiger partial charge on any atom is 0.290 e. The first kappa shape index (κ1) is 14.2. The third-order valence-corrected chi connectivity index (χ3v) is 2.59. The summed E-state index contributed by atoms with van der Waals surface area (Å²) in [6.07, 6.45) is 0.475. The van der Waals surface area contributed by atoms with Crippen molar-refractivity contribution in [3.8, 4) is 0 Å². The monoisotopic (exact) mass is 278 g/mol. The summed E-state index contributed by atoms with van der Waals surface area (Å²) in [5, 5.41) is 13.1. The number of rotatable bonds is 4. The van der Waals surface area contributed by atoms with E-state index in [4.69, 9.17) is 4.52 Å². The lowest BCUT2D eigenvalue weighted by atomic mass is 9.96. The van der Waals surface area contributed by atoms with Crippen LogP contribution in [0.2, 0.25) is 0 Å². The summed E-state index contributed by atoms with van der Waals surface area (Å²) in [5.41, 5.74) is -0.174. The lowest BCUT2D eigenvalue weighted by Crippen LogP contribution is -2.27. The van der Waals surface area contributed by atoms with E-state index in [9.17, 15) is 4.79 Å². The van der Waals surface area contributed by atoms with Crippen molar-refractivity contribution in [3.63, 3.8) is 0 Å². The fraction of sp³-hybridized carbons (Fsp3) is 0.583. The molecule has 1 amide bonds. The fourth-order valence-corrected chi connectivity index (χ4v) is 1.50. The summed E-state index contributed by atoms with van der Waals surface area (Å²) < 4.78 is 4.95. The number of H-pyrrole nitrogens is 1. The molecule has 0 bridgehead atoms. The molecule has 0 unspecified atom stereocenters. The van der Waals surface area contributed by atoms with Gasteiger partial charge in [0.15, 0.2) is 5.82 Å². The standard InChI is InChI=1S/C12H18N6O2/c1-7-14-8(20-18-7)5-6-13-10(19)9-15-11(17-16-9)12(2,3)4/h5-6H2,1-4H3,(H,13,19)(H,15,16,17). The first-order chi connectivity index (χ1) is 9.36. The molecule has 2 aromatic rings. The van der Waals surface area contributed by atoms with Crippen molar-refractivity contribution in [1.29, 1.82) is 0 Å². The highest BCUT2D eigenvalue weighted by Crippen LogP contribution is 2.17. The minimum atomic E-state index is -0.326. The van der Waals surface area contributed by atoms with Crippen molar-refractivity contribution >= 4 is 5.91 Å². The van der Waals surface area contributed by atoms with Gasteiger partial charge in [-0.25, -0.2) is 4.98 Å². The van der Waals surface area contributed by atoms with Gasteiger partial charge in [-0.05, 0) is 6.92 Å². The molecule has 20 heavy (non-hydrogen) atoms. The van der Waals surface area contributed by atoms with Crippen LogP contribution in [0.15, 0.2) is 4.52 Å². The van der Waals surface area contributed by atoms with Gasteiger partial charge >= 0.3 is 0 Å². The Morgan fingerprint density at radius 3 is 2.65 bits per heavy atom. The number of aryl methyl sites for hydroxylation is 1. The van der Waals surface area contributed by atoms with Crippen molar-refractivity contribution in [2.75, 3.05) is 6.54 Å². The molecule has 0 aliphatic heterocycles. The average Bonchev–Trinajstić information content (AvgIpc) is 2.97. The first-order valence-corrected chi connectivity index (χ1v) is 6.36. The lowest BCUT2D eigenvalue weighted by molar-refractivity contribution is 0.0943. The number of aromatic amines is 1. The maximum absolute atomic E-state index is 11.9. The van der Waals surface area contributed by atoms with Gasteiger partial charge in [-0.3, -0.25) is 9.89 Å². The molecule has 0 aliphatic rings. The molecule has 108 valence electrons. The van der Waals surface area contributed by atoms with E-state index in [1.165, 1.54) is 0 Å². The Hall–Kier alpha value is -2.25. The summed E-state index contributed by atoms with van der Waals surface area (Å²) in [5.74, 6) is 1.56. The van der Waals surface area contributed by atoms with E-state index in [1.54, 1.807) is 6.92 Å². The topological polar surface area (TPSA) is 110 Å². The van der Waals surface area contributed by atoms with E-state index in [-0.39, 0.29) is 17.1 Å². The zero-order valence-corrected chi connectivity index (χ0v) is 12.0. The maximum atomic E-state index is 11.9. The van der Waals surface area contributed by atoms with E-state index < -0.39 is 0 Å². The van der Waals surface area contributed by atoms with Gasteiger partial charge in [0.1, 0.15) is 5.82 Å². The number of amides is 1. The number of hydrogen-bond acceptors (Lipinski definition) is 6. The van der Waals surface area contributed by atoms with E-state index in [2.05, 4.69) is 30.6 Å². The van der Waals surface area contributed by atoms with E-state index in [1.807, 2.05) is 20.8 Å². The number of nitrogens with zero attached hydrogens (tertiary/aromatic N) is 4. The van der Waals surface area contributed by atoms with Crippen LogP contribution in [0.1, 0.15) is 48.9 Å². The van der Waals surface area contributed by atoms with Crippen molar-refractivity contribution in [1.82, 2.24) is 30.6 Å².